The van der Waals surface area contributed by atoms with Crippen molar-refractivity contribution in [3.8, 4) is 0 Å². The molecule has 0 spiro atoms. The van der Waals surface area contributed by atoms with Gasteiger partial charge in [0.05, 0.1) is 6.04 Å². The molecule has 0 aliphatic heterocycles. The van der Waals surface area contributed by atoms with Gasteiger partial charge >= 0.3 is 0 Å². The summed E-state index contributed by atoms with van der Waals surface area (Å²) in [5, 5.41) is 0. The van der Waals surface area contributed by atoms with E-state index < -0.39 is 0 Å². The number of nitrogens with zero attached hydrogens (tertiary/aromatic N) is 1. The smallest absolute Gasteiger partial charge is 0.0641 e. The zero-order valence-electron chi connectivity index (χ0n) is 7.83. The minimum Gasteiger partial charge on any atom is -0.271 e. The van der Waals surface area contributed by atoms with Crippen molar-refractivity contribution >= 4 is 0 Å². The van der Waals surface area contributed by atoms with Gasteiger partial charge in [-0.1, -0.05) is 13.0 Å². The van der Waals surface area contributed by atoms with Crippen LogP contribution in [-0.4, -0.2) is 4.98 Å². The molecule has 0 saturated heterocycles. The third-order valence-electron chi connectivity index (χ3n) is 2.07. The predicted octanol–water partition coefficient (Wildman–Crippen LogP) is 1.33. The van der Waals surface area contributed by atoms with Crippen molar-refractivity contribution in [3.63, 3.8) is 0 Å². The van der Waals surface area contributed by atoms with Gasteiger partial charge in [-0.2, -0.15) is 0 Å². The first-order valence-electron chi connectivity index (χ1n) is 4.35. The number of hydrazine groups is 1. The van der Waals surface area contributed by atoms with Gasteiger partial charge in [0.15, 0.2) is 0 Å². The molecule has 0 aliphatic rings. The number of rotatable bonds is 4. The predicted molar refractivity (Wildman–Crippen MR) is 53.9 cm³/mol. The second-order valence-electron chi connectivity index (χ2n) is 2.81. The highest BCUT2D eigenvalue weighted by Crippen LogP contribution is 2.17. The van der Waals surface area contributed by atoms with E-state index >= 15 is 0 Å². The Labute approximate surface area is 78.6 Å². The standard InChI is InChI=1S/C10H15N3/c1-3-8-7-12-6-5-9(8)10(4-2)13-11/h4-7,10,13H,2-3,11H2,1H3. The summed E-state index contributed by atoms with van der Waals surface area (Å²) in [4.78, 5) is 4.06. The Hall–Kier alpha value is -1.19. The molecule has 1 heterocycles. The molecular weight excluding hydrogens is 162 g/mol. The monoisotopic (exact) mass is 177 g/mol. The van der Waals surface area contributed by atoms with Crippen molar-refractivity contribution in [2.24, 2.45) is 5.84 Å². The fraction of sp³-hybridized carbons (Fsp3) is 0.300. The molecule has 0 aromatic carbocycles. The first-order valence-corrected chi connectivity index (χ1v) is 4.35. The zero-order chi connectivity index (χ0) is 9.68. The van der Waals surface area contributed by atoms with Crippen LogP contribution in [0, 0.1) is 0 Å². The van der Waals surface area contributed by atoms with Gasteiger partial charge in [-0.3, -0.25) is 10.8 Å². The van der Waals surface area contributed by atoms with Crippen LogP contribution in [0.1, 0.15) is 24.1 Å². The van der Waals surface area contributed by atoms with Crippen LogP contribution in [-0.2, 0) is 6.42 Å². The van der Waals surface area contributed by atoms with Crippen molar-refractivity contribution in [1.82, 2.24) is 10.4 Å². The average Bonchev–Trinajstić information content (AvgIpc) is 2.20. The molecule has 13 heavy (non-hydrogen) atoms. The van der Waals surface area contributed by atoms with Gasteiger partial charge in [-0.05, 0) is 23.6 Å². The van der Waals surface area contributed by atoms with Crippen LogP contribution in [0.5, 0.6) is 0 Å². The summed E-state index contributed by atoms with van der Waals surface area (Å²) < 4.78 is 0. The van der Waals surface area contributed by atoms with Crippen molar-refractivity contribution in [2.45, 2.75) is 19.4 Å². The van der Waals surface area contributed by atoms with E-state index in [9.17, 15) is 0 Å². The van der Waals surface area contributed by atoms with Gasteiger partial charge in [-0.25, -0.2) is 5.43 Å². The summed E-state index contributed by atoms with van der Waals surface area (Å²) in [6.07, 6.45) is 6.37. The Morgan fingerprint density at radius 3 is 3.08 bits per heavy atom. The maximum Gasteiger partial charge on any atom is 0.0641 e. The highest BCUT2D eigenvalue weighted by molar-refractivity contribution is 5.29. The molecule has 0 amide bonds. The van der Waals surface area contributed by atoms with E-state index in [2.05, 4.69) is 23.9 Å². The molecule has 0 saturated carbocycles. The highest BCUT2D eigenvalue weighted by Gasteiger charge is 2.08. The van der Waals surface area contributed by atoms with Crippen LogP contribution >= 0.6 is 0 Å². The Morgan fingerprint density at radius 1 is 1.77 bits per heavy atom. The van der Waals surface area contributed by atoms with Gasteiger partial charge in [0.1, 0.15) is 0 Å². The Bertz CT molecular complexity index is 283. The van der Waals surface area contributed by atoms with Crippen molar-refractivity contribution in [3.05, 3.63) is 42.2 Å². The molecular formula is C10H15N3. The molecule has 0 fully saturated rings. The van der Waals surface area contributed by atoms with Crippen LogP contribution in [0.15, 0.2) is 31.1 Å². The lowest BCUT2D eigenvalue weighted by atomic mass is 10.0. The molecule has 1 atom stereocenters. The number of aromatic nitrogens is 1. The summed E-state index contributed by atoms with van der Waals surface area (Å²) in [5.74, 6) is 5.40. The molecule has 0 aliphatic carbocycles. The molecule has 3 nitrogen and oxygen atoms in total. The SMILES string of the molecule is C=CC(NN)c1ccncc1CC. The number of nitrogens with two attached hydrogens (primary N) is 1. The lowest BCUT2D eigenvalue weighted by molar-refractivity contribution is 0.649. The Kier molecular flexibility index (Phi) is 3.61. The van der Waals surface area contributed by atoms with E-state index in [1.54, 1.807) is 12.3 Å². The van der Waals surface area contributed by atoms with Gasteiger partial charge in [0, 0.05) is 12.4 Å². The van der Waals surface area contributed by atoms with Gasteiger partial charge in [0.2, 0.25) is 0 Å². The largest absolute Gasteiger partial charge is 0.271 e. The van der Waals surface area contributed by atoms with Gasteiger partial charge in [-0.15, -0.1) is 6.58 Å². The fourth-order valence-electron chi connectivity index (χ4n) is 1.32. The Morgan fingerprint density at radius 2 is 2.54 bits per heavy atom. The second kappa shape index (κ2) is 4.74. The summed E-state index contributed by atoms with van der Waals surface area (Å²) in [5.41, 5.74) is 5.04. The van der Waals surface area contributed by atoms with Crippen LogP contribution in [0.25, 0.3) is 0 Å². The maximum atomic E-state index is 5.40. The molecule has 3 heteroatoms. The number of hydrogen-bond acceptors (Lipinski definition) is 3. The first-order chi connectivity index (χ1) is 6.33. The van der Waals surface area contributed by atoms with Crippen molar-refractivity contribution in [1.29, 1.82) is 0 Å². The van der Waals surface area contributed by atoms with E-state index in [-0.39, 0.29) is 6.04 Å². The van der Waals surface area contributed by atoms with Crippen molar-refractivity contribution in [2.75, 3.05) is 0 Å². The maximum absolute atomic E-state index is 5.40. The molecule has 1 aromatic rings. The summed E-state index contributed by atoms with van der Waals surface area (Å²) >= 11 is 0. The van der Waals surface area contributed by atoms with Gasteiger partial charge < -0.3 is 0 Å². The summed E-state index contributed by atoms with van der Waals surface area (Å²) in [7, 11) is 0. The third kappa shape index (κ3) is 2.14. The minimum absolute atomic E-state index is 0.0120. The quantitative estimate of drug-likeness (QED) is 0.414. The van der Waals surface area contributed by atoms with Crippen molar-refractivity contribution < 1.29 is 0 Å². The number of nitrogens with one attached hydrogen (secondary N) is 1. The van der Waals surface area contributed by atoms with E-state index in [1.165, 1.54) is 5.56 Å². The molecule has 70 valence electrons. The van der Waals surface area contributed by atoms with Crippen LogP contribution in [0.2, 0.25) is 0 Å². The normalized spacial score (nSPS) is 12.5. The van der Waals surface area contributed by atoms with Crippen LogP contribution < -0.4 is 11.3 Å². The summed E-state index contributed by atoms with van der Waals surface area (Å²) in [6, 6.07) is 1.98. The lowest BCUT2D eigenvalue weighted by Crippen LogP contribution is -2.27. The number of pyridine rings is 1. The molecule has 1 rings (SSSR count). The average molecular weight is 177 g/mol. The third-order valence-corrected chi connectivity index (χ3v) is 2.07. The van der Waals surface area contributed by atoms with E-state index in [1.807, 2.05) is 12.3 Å². The van der Waals surface area contributed by atoms with Crippen LogP contribution in [0.4, 0.5) is 0 Å². The lowest BCUT2D eigenvalue weighted by Gasteiger charge is -2.14. The fourth-order valence-corrected chi connectivity index (χ4v) is 1.32. The highest BCUT2D eigenvalue weighted by atomic mass is 15.2. The minimum atomic E-state index is 0.0120. The van der Waals surface area contributed by atoms with Crippen LogP contribution in [0.3, 0.4) is 0 Å². The number of aryl methyl sites for hydroxylation is 1. The molecule has 1 unspecified atom stereocenters. The molecule has 1 aromatic heterocycles. The molecule has 0 bridgehead atoms. The summed E-state index contributed by atoms with van der Waals surface area (Å²) in [6.45, 7) is 5.82. The van der Waals surface area contributed by atoms with E-state index in [0.717, 1.165) is 12.0 Å². The van der Waals surface area contributed by atoms with Gasteiger partial charge in [0.25, 0.3) is 0 Å². The zero-order valence-corrected chi connectivity index (χ0v) is 7.83. The first kappa shape index (κ1) is 9.89. The van der Waals surface area contributed by atoms with E-state index in [0.29, 0.717) is 0 Å². The molecule has 0 radical (unpaired) electrons. The molecule has 3 N–H and O–H groups in total. The van der Waals surface area contributed by atoms with E-state index in [4.69, 9.17) is 5.84 Å². The topological polar surface area (TPSA) is 50.9 Å². The second-order valence-corrected chi connectivity index (χ2v) is 2.81. The Balaban J connectivity index is 3.03. The number of hydrogen-bond donors (Lipinski definition) is 2.